The first-order valence-corrected chi connectivity index (χ1v) is 9.05. The van der Waals surface area contributed by atoms with Gasteiger partial charge in [-0.25, -0.2) is 0 Å². The van der Waals surface area contributed by atoms with Crippen LogP contribution in [-0.4, -0.2) is 46.2 Å². The Balaban J connectivity index is 0.00000280. The monoisotopic (exact) mass is 513 g/mol. The zero-order chi connectivity index (χ0) is 19.1. The normalized spacial score (nSPS) is 15.4. The van der Waals surface area contributed by atoms with Crippen molar-refractivity contribution in [2.75, 3.05) is 33.6 Å². The predicted molar refractivity (Wildman–Crippen MR) is 111 cm³/mol. The number of alkyl halides is 2. The molecule has 3 rings (SSSR count). The molecule has 1 fully saturated rings. The molecule has 1 saturated carbocycles. The molecule has 0 bridgehead atoms. The summed E-state index contributed by atoms with van der Waals surface area (Å²) in [5, 5.41) is 6.26. The summed E-state index contributed by atoms with van der Waals surface area (Å²) in [5.74, 6) is 2.27. The lowest BCUT2D eigenvalue weighted by atomic mass is 10.1. The van der Waals surface area contributed by atoms with Gasteiger partial charge in [-0.1, -0.05) is 0 Å². The minimum absolute atomic E-state index is 0. The lowest BCUT2D eigenvalue weighted by molar-refractivity contribution is -0.0505. The van der Waals surface area contributed by atoms with Gasteiger partial charge in [-0.3, -0.25) is 4.99 Å². The Kier molecular flexibility index (Phi) is 9.29. The Morgan fingerprint density at radius 2 is 2.00 bits per heavy atom. The molecular formula is C18H26F2IN3O4. The van der Waals surface area contributed by atoms with Gasteiger partial charge in [0.05, 0.1) is 0 Å². The molecule has 0 amide bonds. The fraction of sp³-hybridized carbons (Fsp3) is 0.611. The highest BCUT2D eigenvalue weighted by Crippen LogP contribution is 2.38. The van der Waals surface area contributed by atoms with Crippen LogP contribution in [0.15, 0.2) is 17.1 Å². The maximum Gasteiger partial charge on any atom is 0.387 e. The third-order valence-electron chi connectivity index (χ3n) is 4.25. The number of aliphatic imine (C=N–C) groups is 1. The Morgan fingerprint density at radius 3 is 2.68 bits per heavy atom. The van der Waals surface area contributed by atoms with E-state index < -0.39 is 6.61 Å². The van der Waals surface area contributed by atoms with E-state index in [4.69, 9.17) is 14.2 Å². The van der Waals surface area contributed by atoms with E-state index in [1.807, 2.05) is 0 Å². The summed E-state index contributed by atoms with van der Waals surface area (Å²) in [6, 6.07) is 3.05. The van der Waals surface area contributed by atoms with Gasteiger partial charge in [0.1, 0.15) is 5.75 Å². The summed E-state index contributed by atoms with van der Waals surface area (Å²) in [6.07, 6.45) is 3.43. The molecular weight excluding hydrogens is 487 g/mol. The van der Waals surface area contributed by atoms with E-state index in [1.54, 1.807) is 13.1 Å². The van der Waals surface area contributed by atoms with Crippen molar-refractivity contribution < 1.29 is 27.7 Å². The van der Waals surface area contributed by atoms with Gasteiger partial charge in [-0.15, -0.1) is 24.0 Å². The van der Waals surface area contributed by atoms with E-state index in [0.717, 1.165) is 18.9 Å². The molecule has 2 aliphatic rings. The van der Waals surface area contributed by atoms with Crippen LogP contribution in [0.2, 0.25) is 0 Å². The largest absolute Gasteiger partial charge is 0.454 e. The standard InChI is InChI=1S/C18H25F2N3O4.HI/c1-21-18(22-5-2-6-24-10-12-3-4-12)23-9-13-7-15-16(26-11-25-15)8-14(13)27-17(19)20;/h7-8,12,17H,2-6,9-11H2,1H3,(H2,21,22,23);1H. The number of hydrogen-bond donors (Lipinski definition) is 2. The molecule has 0 spiro atoms. The van der Waals surface area contributed by atoms with Crippen molar-refractivity contribution in [3.63, 3.8) is 0 Å². The van der Waals surface area contributed by atoms with Gasteiger partial charge in [-0.2, -0.15) is 8.78 Å². The smallest absolute Gasteiger partial charge is 0.387 e. The number of hydrogen-bond acceptors (Lipinski definition) is 5. The Bertz CT molecular complexity index is 660. The Morgan fingerprint density at radius 1 is 1.25 bits per heavy atom. The molecule has 7 nitrogen and oxygen atoms in total. The summed E-state index contributed by atoms with van der Waals surface area (Å²) < 4.78 is 46.1. The third-order valence-corrected chi connectivity index (χ3v) is 4.25. The first-order chi connectivity index (χ1) is 13.2. The molecule has 0 radical (unpaired) electrons. The van der Waals surface area contributed by atoms with Crippen molar-refractivity contribution >= 4 is 29.9 Å². The van der Waals surface area contributed by atoms with Crippen LogP contribution in [0.4, 0.5) is 8.78 Å². The van der Waals surface area contributed by atoms with E-state index in [1.165, 1.54) is 18.9 Å². The maximum atomic E-state index is 12.7. The van der Waals surface area contributed by atoms with Crippen LogP contribution >= 0.6 is 24.0 Å². The summed E-state index contributed by atoms with van der Waals surface area (Å²) in [5.41, 5.74) is 0.523. The molecule has 0 unspecified atom stereocenters. The first kappa shape index (κ1) is 22.7. The number of benzene rings is 1. The minimum Gasteiger partial charge on any atom is -0.454 e. The lowest BCUT2D eigenvalue weighted by Gasteiger charge is -2.15. The highest BCUT2D eigenvalue weighted by Gasteiger charge is 2.21. The maximum absolute atomic E-state index is 12.7. The van der Waals surface area contributed by atoms with E-state index in [0.29, 0.717) is 36.2 Å². The Labute approximate surface area is 180 Å². The SMILES string of the molecule is CN=C(NCCCOCC1CC1)NCc1cc2c(cc1OC(F)F)OCO2.I. The van der Waals surface area contributed by atoms with Crippen molar-refractivity contribution in [3.05, 3.63) is 17.7 Å². The fourth-order valence-electron chi connectivity index (χ4n) is 2.62. The average molecular weight is 513 g/mol. The fourth-order valence-corrected chi connectivity index (χ4v) is 2.62. The van der Waals surface area contributed by atoms with E-state index >= 15 is 0 Å². The summed E-state index contributed by atoms with van der Waals surface area (Å²) >= 11 is 0. The van der Waals surface area contributed by atoms with Gasteiger partial charge >= 0.3 is 6.61 Å². The second-order valence-corrected chi connectivity index (χ2v) is 6.42. The van der Waals surface area contributed by atoms with E-state index in [-0.39, 0.29) is 43.1 Å². The van der Waals surface area contributed by atoms with Crippen LogP contribution in [-0.2, 0) is 11.3 Å². The summed E-state index contributed by atoms with van der Waals surface area (Å²) in [4.78, 5) is 4.13. The number of halogens is 3. The second kappa shape index (κ2) is 11.4. The van der Waals surface area contributed by atoms with Gasteiger partial charge in [0.2, 0.25) is 6.79 Å². The van der Waals surface area contributed by atoms with Crippen LogP contribution in [0.25, 0.3) is 0 Å². The quantitative estimate of drug-likeness (QED) is 0.217. The van der Waals surface area contributed by atoms with E-state index in [9.17, 15) is 8.78 Å². The van der Waals surface area contributed by atoms with E-state index in [2.05, 4.69) is 20.4 Å². The number of guanidine groups is 1. The Hall–Kier alpha value is -1.56. The zero-order valence-electron chi connectivity index (χ0n) is 15.7. The predicted octanol–water partition coefficient (Wildman–Crippen LogP) is 3.12. The molecule has 10 heteroatoms. The molecule has 1 aliphatic carbocycles. The summed E-state index contributed by atoms with van der Waals surface area (Å²) in [6.45, 7) is -0.356. The average Bonchev–Trinajstić information content (AvgIpc) is 3.36. The molecule has 2 N–H and O–H groups in total. The number of nitrogens with one attached hydrogen (secondary N) is 2. The molecule has 1 heterocycles. The van der Waals surface area contributed by atoms with Crippen molar-refractivity contribution in [3.8, 4) is 17.2 Å². The van der Waals surface area contributed by atoms with Gasteiger partial charge in [0, 0.05) is 45.0 Å². The van der Waals surface area contributed by atoms with Gasteiger partial charge in [0.25, 0.3) is 0 Å². The van der Waals surface area contributed by atoms with Crippen LogP contribution in [0.5, 0.6) is 17.2 Å². The molecule has 1 aliphatic heterocycles. The third kappa shape index (κ3) is 7.12. The molecule has 28 heavy (non-hydrogen) atoms. The second-order valence-electron chi connectivity index (χ2n) is 6.42. The van der Waals surface area contributed by atoms with Crippen LogP contribution in [0.1, 0.15) is 24.8 Å². The van der Waals surface area contributed by atoms with Crippen molar-refractivity contribution in [1.82, 2.24) is 10.6 Å². The van der Waals surface area contributed by atoms with Crippen LogP contribution in [0, 0.1) is 5.92 Å². The topological polar surface area (TPSA) is 73.3 Å². The van der Waals surface area contributed by atoms with Gasteiger partial charge in [0.15, 0.2) is 17.5 Å². The molecule has 158 valence electrons. The highest BCUT2D eigenvalue weighted by atomic mass is 127. The minimum atomic E-state index is -2.92. The molecule has 0 aromatic heterocycles. The van der Waals surface area contributed by atoms with Gasteiger partial charge < -0.3 is 29.6 Å². The van der Waals surface area contributed by atoms with Crippen LogP contribution < -0.4 is 24.8 Å². The molecule has 1 aromatic rings. The number of rotatable bonds is 10. The van der Waals surface area contributed by atoms with Gasteiger partial charge in [-0.05, 0) is 31.2 Å². The van der Waals surface area contributed by atoms with Crippen molar-refractivity contribution in [1.29, 1.82) is 0 Å². The zero-order valence-corrected chi connectivity index (χ0v) is 18.0. The lowest BCUT2D eigenvalue weighted by Crippen LogP contribution is -2.37. The van der Waals surface area contributed by atoms with Crippen LogP contribution in [0.3, 0.4) is 0 Å². The van der Waals surface area contributed by atoms with Crippen molar-refractivity contribution in [2.24, 2.45) is 10.9 Å². The highest BCUT2D eigenvalue weighted by molar-refractivity contribution is 14.0. The molecule has 0 atom stereocenters. The molecule has 0 saturated heterocycles. The number of ether oxygens (including phenoxy) is 4. The number of nitrogens with zero attached hydrogens (tertiary/aromatic N) is 1. The first-order valence-electron chi connectivity index (χ1n) is 9.05. The summed E-state index contributed by atoms with van der Waals surface area (Å²) in [7, 11) is 1.65. The number of fused-ring (bicyclic) bond motifs is 1. The molecule has 1 aromatic carbocycles. The van der Waals surface area contributed by atoms with Crippen molar-refractivity contribution in [2.45, 2.75) is 32.4 Å².